The second-order valence-electron chi connectivity index (χ2n) is 5.51. The average Bonchev–Trinajstić information content (AvgIpc) is 3.17. The molecule has 0 aliphatic rings. The van der Waals surface area contributed by atoms with Crippen LogP contribution in [-0.4, -0.2) is 10.5 Å². The quantitative estimate of drug-likeness (QED) is 0.400. The highest BCUT2D eigenvalue weighted by atomic mass is 16.5. The Morgan fingerprint density at radius 1 is 0.792 bits per heavy atom. The summed E-state index contributed by atoms with van der Waals surface area (Å²) < 4.78 is 7.59. The Hall–Kier alpha value is -3.33. The molecular formula is C21H15NO2. The molecular weight excluding hydrogens is 298 g/mol. The third kappa shape index (κ3) is 2.68. The third-order valence-electron chi connectivity index (χ3n) is 3.94. The molecule has 4 rings (SSSR count). The summed E-state index contributed by atoms with van der Waals surface area (Å²) in [5, 5.41) is 1.97. The number of carbonyl (C=O) groups is 1. The molecule has 1 heterocycles. The van der Waals surface area contributed by atoms with Gasteiger partial charge < -0.3 is 9.30 Å². The molecule has 116 valence electrons. The molecule has 0 saturated carbocycles. The topological polar surface area (TPSA) is 31.2 Å². The van der Waals surface area contributed by atoms with E-state index in [1.807, 2.05) is 89.8 Å². The number of nitrogens with zero attached hydrogens (tertiary/aromatic N) is 1. The summed E-state index contributed by atoms with van der Waals surface area (Å²) in [6, 6.07) is 24.9. The van der Waals surface area contributed by atoms with Crippen LogP contribution in [0.3, 0.4) is 0 Å². The Labute approximate surface area is 139 Å². The van der Waals surface area contributed by atoms with E-state index in [-0.39, 0.29) is 5.97 Å². The highest BCUT2D eigenvalue weighted by Gasteiger charge is 2.11. The minimum atomic E-state index is -0.361. The van der Waals surface area contributed by atoms with E-state index in [0.29, 0.717) is 11.3 Å². The number of rotatable bonds is 3. The maximum absolute atomic E-state index is 12.5. The van der Waals surface area contributed by atoms with Crippen LogP contribution in [0.2, 0.25) is 0 Å². The number of benzene rings is 3. The summed E-state index contributed by atoms with van der Waals surface area (Å²) in [6.45, 7) is 0. The first-order valence-electron chi connectivity index (χ1n) is 7.75. The van der Waals surface area contributed by atoms with E-state index in [0.717, 1.165) is 16.5 Å². The molecule has 0 atom stereocenters. The lowest BCUT2D eigenvalue weighted by atomic mass is 10.1. The molecule has 4 aromatic rings. The predicted octanol–water partition coefficient (Wildman–Crippen LogP) is 4.85. The predicted molar refractivity (Wildman–Crippen MR) is 94.7 cm³/mol. The van der Waals surface area contributed by atoms with Gasteiger partial charge in [0.25, 0.3) is 0 Å². The van der Waals surface area contributed by atoms with Gasteiger partial charge in [-0.25, -0.2) is 4.79 Å². The van der Waals surface area contributed by atoms with Gasteiger partial charge in [-0.05, 0) is 41.8 Å². The van der Waals surface area contributed by atoms with Gasteiger partial charge in [-0.15, -0.1) is 0 Å². The van der Waals surface area contributed by atoms with Crippen molar-refractivity contribution in [2.45, 2.75) is 0 Å². The fourth-order valence-corrected chi connectivity index (χ4v) is 2.74. The molecule has 0 fully saturated rings. The molecule has 0 spiro atoms. The molecule has 0 bridgehead atoms. The lowest BCUT2D eigenvalue weighted by Crippen LogP contribution is -2.09. The molecule has 0 aliphatic carbocycles. The molecule has 0 amide bonds. The van der Waals surface area contributed by atoms with E-state index in [9.17, 15) is 4.79 Å². The Balaban J connectivity index is 1.66. The molecule has 0 unspecified atom stereocenters. The summed E-state index contributed by atoms with van der Waals surface area (Å²) in [5.74, 6) is 0.213. The van der Waals surface area contributed by atoms with Gasteiger partial charge in [0, 0.05) is 23.5 Å². The first kappa shape index (κ1) is 14.3. The van der Waals surface area contributed by atoms with E-state index in [2.05, 4.69) is 0 Å². The van der Waals surface area contributed by atoms with Crippen LogP contribution in [0, 0.1) is 0 Å². The highest BCUT2D eigenvalue weighted by molar-refractivity contribution is 5.95. The second-order valence-corrected chi connectivity index (χ2v) is 5.51. The first-order chi connectivity index (χ1) is 11.8. The van der Waals surface area contributed by atoms with E-state index in [1.165, 1.54) is 0 Å². The SMILES string of the molecule is O=C(Oc1cccc2ccccc12)c1cccc(-n2cccc2)c1. The Bertz CT molecular complexity index is 998. The van der Waals surface area contributed by atoms with Crippen molar-refractivity contribution in [3.8, 4) is 11.4 Å². The fourth-order valence-electron chi connectivity index (χ4n) is 2.74. The minimum Gasteiger partial charge on any atom is -0.422 e. The van der Waals surface area contributed by atoms with Crippen LogP contribution in [0.5, 0.6) is 5.75 Å². The fraction of sp³-hybridized carbons (Fsp3) is 0. The molecule has 0 radical (unpaired) electrons. The summed E-state index contributed by atoms with van der Waals surface area (Å²) >= 11 is 0. The van der Waals surface area contributed by atoms with E-state index in [1.54, 1.807) is 6.07 Å². The van der Waals surface area contributed by atoms with Crippen molar-refractivity contribution in [3.05, 3.63) is 96.8 Å². The van der Waals surface area contributed by atoms with Crippen molar-refractivity contribution in [2.24, 2.45) is 0 Å². The van der Waals surface area contributed by atoms with Gasteiger partial charge in [-0.3, -0.25) is 0 Å². The maximum Gasteiger partial charge on any atom is 0.343 e. The Morgan fingerprint density at radius 2 is 1.54 bits per heavy atom. The molecule has 3 aromatic carbocycles. The number of hydrogen-bond donors (Lipinski definition) is 0. The van der Waals surface area contributed by atoms with Crippen molar-refractivity contribution in [1.82, 2.24) is 4.57 Å². The van der Waals surface area contributed by atoms with Gasteiger partial charge in [-0.2, -0.15) is 0 Å². The number of aromatic nitrogens is 1. The molecule has 0 aliphatic heterocycles. The zero-order valence-electron chi connectivity index (χ0n) is 12.9. The van der Waals surface area contributed by atoms with Crippen LogP contribution >= 0.6 is 0 Å². The Morgan fingerprint density at radius 3 is 2.42 bits per heavy atom. The minimum absolute atomic E-state index is 0.361. The van der Waals surface area contributed by atoms with Crippen LogP contribution in [-0.2, 0) is 0 Å². The van der Waals surface area contributed by atoms with Gasteiger partial charge in [0.2, 0.25) is 0 Å². The van der Waals surface area contributed by atoms with Crippen LogP contribution in [0.4, 0.5) is 0 Å². The summed E-state index contributed by atoms with van der Waals surface area (Å²) in [4.78, 5) is 12.5. The van der Waals surface area contributed by atoms with Crippen molar-refractivity contribution in [3.63, 3.8) is 0 Å². The molecule has 0 saturated heterocycles. The average molecular weight is 313 g/mol. The lowest BCUT2D eigenvalue weighted by molar-refractivity contribution is 0.0737. The van der Waals surface area contributed by atoms with Gasteiger partial charge in [-0.1, -0.05) is 42.5 Å². The molecule has 1 aromatic heterocycles. The number of fused-ring (bicyclic) bond motifs is 1. The van der Waals surface area contributed by atoms with E-state index in [4.69, 9.17) is 4.74 Å². The van der Waals surface area contributed by atoms with Gasteiger partial charge in [0.1, 0.15) is 5.75 Å². The smallest absolute Gasteiger partial charge is 0.343 e. The number of hydrogen-bond acceptors (Lipinski definition) is 2. The number of carbonyl (C=O) groups excluding carboxylic acids is 1. The monoisotopic (exact) mass is 313 g/mol. The van der Waals surface area contributed by atoms with E-state index >= 15 is 0 Å². The van der Waals surface area contributed by atoms with Crippen LogP contribution in [0.15, 0.2) is 91.3 Å². The summed E-state index contributed by atoms with van der Waals surface area (Å²) in [6.07, 6.45) is 3.88. The normalized spacial score (nSPS) is 10.7. The summed E-state index contributed by atoms with van der Waals surface area (Å²) in [7, 11) is 0. The maximum atomic E-state index is 12.5. The van der Waals surface area contributed by atoms with Gasteiger partial charge in [0.05, 0.1) is 5.56 Å². The molecule has 0 N–H and O–H groups in total. The molecule has 3 nitrogen and oxygen atoms in total. The zero-order chi connectivity index (χ0) is 16.4. The van der Waals surface area contributed by atoms with E-state index < -0.39 is 0 Å². The third-order valence-corrected chi connectivity index (χ3v) is 3.94. The second kappa shape index (κ2) is 6.05. The van der Waals surface area contributed by atoms with Crippen molar-refractivity contribution in [2.75, 3.05) is 0 Å². The molecule has 3 heteroatoms. The van der Waals surface area contributed by atoms with Crippen LogP contribution in [0.1, 0.15) is 10.4 Å². The van der Waals surface area contributed by atoms with Crippen LogP contribution < -0.4 is 4.74 Å². The van der Waals surface area contributed by atoms with Crippen LogP contribution in [0.25, 0.3) is 16.5 Å². The first-order valence-corrected chi connectivity index (χ1v) is 7.75. The van der Waals surface area contributed by atoms with Crippen molar-refractivity contribution >= 4 is 16.7 Å². The van der Waals surface area contributed by atoms with Gasteiger partial charge >= 0.3 is 5.97 Å². The lowest BCUT2D eigenvalue weighted by Gasteiger charge is -2.09. The standard InChI is InChI=1S/C21H15NO2/c23-21(17-9-5-10-18(15-17)22-13-3-4-14-22)24-20-12-6-8-16-7-1-2-11-19(16)20/h1-15H. The largest absolute Gasteiger partial charge is 0.422 e. The zero-order valence-corrected chi connectivity index (χ0v) is 12.9. The van der Waals surface area contributed by atoms with Gasteiger partial charge in [0.15, 0.2) is 0 Å². The highest BCUT2D eigenvalue weighted by Crippen LogP contribution is 2.26. The van der Waals surface area contributed by atoms with Crippen molar-refractivity contribution in [1.29, 1.82) is 0 Å². The number of ether oxygens (including phenoxy) is 1. The van der Waals surface area contributed by atoms with Crippen molar-refractivity contribution < 1.29 is 9.53 Å². The molecule has 24 heavy (non-hydrogen) atoms. The summed E-state index contributed by atoms with van der Waals surface area (Å²) in [5.41, 5.74) is 1.45. The number of esters is 1. The Kier molecular flexibility index (Phi) is 3.60.